The van der Waals surface area contributed by atoms with Gasteiger partial charge in [-0.1, -0.05) is 0 Å². The van der Waals surface area contributed by atoms with Gasteiger partial charge >= 0.3 is 0 Å². The predicted octanol–water partition coefficient (Wildman–Crippen LogP) is 0.573. The molecule has 0 saturated heterocycles. The van der Waals surface area contributed by atoms with Gasteiger partial charge in [0.05, 0.1) is 0 Å². The molecule has 0 amide bonds. The first-order valence-corrected chi connectivity index (χ1v) is 4.80. The quantitative estimate of drug-likeness (QED) is 0.726. The minimum atomic E-state index is 0.748. The van der Waals surface area contributed by atoms with Gasteiger partial charge < -0.3 is 10.1 Å². The van der Waals surface area contributed by atoms with Crippen molar-refractivity contribution < 1.29 is 4.74 Å². The zero-order valence-corrected chi connectivity index (χ0v) is 8.55. The summed E-state index contributed by atoms with van der Waals surface area (Å²) in [5.41, 5.74) is 0.748. The molecule has 6 nitrogen and oxygen atoms in total. The third-order valence-corrected chi connectivity index (χ3v) is 1.99. The lowest BCUT2D eigenvalue weighted by molar-refractivity contribution is 0.197. The molecule has 0 saturated carbocycles. The Morgan fingerprint density at radius 1 is 1.47 bits per heavy atom. The number of hydrogen-bond donors (Lipinski definition) is 1. The van der Waals surface area contributed by atoms with Gasteiger partial charge in [-0.15, -0.1) is 15.3 Å². The van der Waals surface area contributed by atoms with Gasteiger partial charge in [-0.3, -0.25) is 0 Å². The second kappa shape index (κ2) is 4.70. The van der Waals surface area contributed by atoms with E-state index in [1.807, 2.05) is 12.1 Å². The summed E-state index contributed by atoms with van der Waals surface area (Å²) in [6.45, 7) is 1.59. The minimum Gasteiger partial charge on any atom is -0.385 e. The zero-order chi connectivity index (χ0) is 10.5. The number of nitrogens with zero attached hydrogens (tertiary/aromatic N) is 4. The van der Waals surface area contributed by atoms with E-state index in [1.165, 1.54) is 0 Å². The number of methoxy groups -OCH3 is 1. The van der Waals surface area contributed by atoms with E-state index in [0.29, 0.717) is 0 Å². The molecule has 0 aromatic carbocycles. The number of rotatable bonds is 5. The molecule has 15 heavy (non-hydrogen) atoms. The molecule has 2 heterocycles. The summed E-state index contributed by atoms with van der Waals surface area (Å²) in [6, 6.07) is 3.76. The van der Waals surface area contributed by atoms with Gasteiger partial charge in [0.15, 0.2) is 5.65 Å². The number of hydrogen-bond acceptors (Lipinski definition) is 5. The second-order valence-electron chi connectivity index (χ2n) is 3.13. The highest BCUT2D eigenvalue weighted by Crippen LogP contribution is 2.03. The van der Waals surface area contributed by atoms with Gasteiger partial charge in [-0.25, -0.2) is 0 Å². The molecule has 2 aromatic rings. The fraction of sp³-hybridized carbons (Fsp3) is 0.444. The van der Waals surface area contributed by atoms with Gasteiger partial charge in [-0.2, -0.15) is 4.52 Å². The van der Waals surface area contributed by atoms with E-state index in [0.717, 1.165) is 31.0 Å². The lowest BCUT2D eigenvalue weighted by Crippen LogP contribution is -2.07. The molecule has 1 N–H and O–H groups in total. The first kappa shape index (κ1) is 9.85. The van der Waals surface area contributed by atoms with Crippen LogP contribution >= 0.6 is 0 Å². The van der Waals surface area contributed by atoms with Crippen LogP contribution in [0.5, 0.6) is 0 Å². The molecule has 6 heteroatoms. The average molecular weight is 207 g/mol. The molecule has 0 unspecified atom stereocenters. The maximum atomic E-state index is 4.95. The summed E-state index contributed by atoms with van der Waals surface area (Å²) >= 11 is 0. The molecule has 0 aliphatic rings. The topological polar surface area (TPSA) is 64.3 Å². The fourth-order valence-electron chi connectivity index (χ4n) is 1.26. The van der Waals surface area contributed by atoms with Crippen molar-refractivity contribution in [3.63, 3.8) is 0 Å². The Hall–Kier alpha value is -1.69. The van der Waals surface area contributed by atoms with E-state index in [9.17, 15) is 0 Å². The van der Waals surface area contributed by atoms with E-state index in [1.54, 1.807) is 18.0 Å². The Morgan fingerprint density at radius 3 is 3.27 bits per heavy atom. The van der Waals surface area contributed by atoms with Gasteiger partial charge in [0.25, 0.3) is 0 Å². The molecule has 80 valence electrons. The Labute approximate surface area is 87.3 Å². The van der Waals surface area contributed by atoms with Crippen LogP contribution < -0.4 is 5.32 Å². The first-order chi connectivity index (χ1) is 7.40. The number of anilines is 1. The largest absolute Gasteiger partial charge is 0.385 e. The average Bonchev–Trinajstić information content (AvgIpc) is 2.71. The van der Waals surface area contributed by atoms with Crippen molar-refractivity contribution in [2.45, 2.75) is 6.42 Å². The minimum absolute atomic E-state index is 0.748. The maximum absolute atomic E-state index is 4.95. The van der Waals surface area contributed by atoms with Crippen molar-refractivity contribution in [1.29, 1.82) is 0 Å². The van der Waals surface area contributed by atoms with E-state index < -0.39 is 0 Å². The standard InChI is InChI=1S/C9H13N5O/c1-15-6-2-5-10-8-3-4-9-12-11-7-14(9)13-8/h3-4,7H,2,5-6H2,1H3,(H,10,13). The Bertz CT molecular complexity index is 427. The molecule has 0 aliphatic carbocycles. The third kappa shape index (κ3) is 2.41. The van der Waals surface area contributed by atoms with Crippen LogP contribution in [-0.4, -0.2) is 40.1 Å². The van der Waals surface area contributed by atoms with E-state index in [-0.39, 0.29) is 0 Å². The van der Waals surface area contributed by atoms with Crippen LogP contribution in [0, 0.1) is 0 Å². The highest BCUT2D eigenvalue weighted by molar-refractivity contribution is 5.42. The predicted molar refractivity (Wildman–Crippen MR) is 55.8 cm³/mol. The van der Waals surface area contributed by atoms with Crippen LogP contribution in [-0.2, 0) is 4.74 Å². The van der Waals surface area contributed by atoms with Crippen LogP contribution in [0.25, 0.3) is 5.65 Å². The molecule has 2 aromatic heterocycles. The number of fused-ring (bicyclic) bond motifs is 1. The van der Waals surface area contributed by atoms with Gasteiger partial charge in [0.2, 0.25) is 0 Å². The Morgan fingerprint density at radius 2 is 2.40 bits per heavy atom. The van der Waals surface area contributed by atoms with Gasteiger partial charge in [0.1, 0.15) is 12.1 Å². The smallest absolute Gasteiger partial charge is 0.177 e. The molecular formula is C9H13N5O. The van der Waals surface area contributed by atoms with Crippen molar-refractivity contribution in [2.24, 2.45) is 0 Å². The van der Waals surface area contributed by atoms with E-state index in [4.69, 9.17) is 4.74 Å². The summed E-state index contributed by atoms with van der Waals surface area (Å²) in [5, 5.41) is 15.1. The number of aromatic nitrogens is 4. The maximum Gasteiger partial charge on any atom is 0.177 e. The monoisotopic (exact) mass is 207 g/mol. The lowest BCUT2D eigenvalue weighted by Gasteiger charge is -2.04. The molecule has 0 spiro atoms. The van der Waals surface area contributed by atoms with Crippen molar-refractivity contribution in [2.75, 3.05) is 25.6 Å². The summed E-state index contributed by atoms with van der Waals surface area (Å²) in [7, 11) is 1.70. The third-order valence-electron chi connectivity index (χ3n) is 1.99. The molecule has 0 fully saturated rings. The summed E-state index contributed by atoms with van der Waals surface area (Å²) < 4.78 is 6.59. The van der Waals surface area contributed by atoms with Crippen LogP contribution in [0.15, 0.2) is 18.5 Å². The first-order valence-electron chi connectivity index (χ1n) is 4.80. The van der Waals surface area contributed by atoms with Crippen molar-refractivity contribution in [1.82, 2.24) is 19.8 Å². The molecule has 0 bridgehead atoms. The molecular weight excluding hydrogens is 194 g/mol. The lowest BCUT2D eigenvalue weighted by atomic mass is 10.4. The second-order valence-corrected chi connectivity index (χ2v) is 3.13. The molecule has 0 aliphatic heterocycles. The SMILES string of the molecule is COCCCNc1ccc2nncn2n1. The van der Waals surface area contributed by atoms with Crippen LogP contribution in [0.3, 0.4) is 0 Å². The summed E-state index contributed by atoms with van der Waals surface area (Å²) in [5.74, 6) is 0.818. The Balaban J connectivity index is 1.96. The van der Waals surface area contributed by atoms with Gasteiger partial charge in [-0.05, 0) is 18.6 Å². The summed E-state index contributed by atoms with van der Waals surface area (Å²) in [6.07, 6.45) is 2.54. The van der Waals surface area contributed by atoms with Crippen molar-refractivity contribution in [3.8, 4) is 0 Å². The van der Waals surface area contributed by atoms with Gasteiger partial charge in [0, 0.05) is 20.3 Å². The fourth-order valence-corrected chi connectivity index (χ4v) is 1.26. The van der Waals surface area contributed by atoms with E-state index >= 15 is 0 Å². The Kier molecular flexibility index (Phi) is 3.08. The number of ether oxygens (including phenoxy) is 1. The number of nitrogens with one attached hydrogen (secondary N) is 1. The van der Waals surface area contributed by atoms with Crippen LogP contribution in [0.1, 0.15) is 6.42 Å². The molecule has 2 rings (SSSR count). The molecule has 0 atom stereocenters. The van der Waals surface area contributed by atoms with Crippen LogP contribution in [0.4, 0.5) is 5.82 Å². The van der Waals surface area contributed by atoms with E-state index in [2.05, 4.69) is 20.6 Å². The van der Waals surface area contributed by atoms with Crippen molar-refractivity contribution in [3.05, 3.63) is 18.5 Å². The normalized spacial score (nSPS) is 10.7. The highest BCUT2D eigenvalue weighted by Gasteiger charge is 1.97. The highest BCUT2D eigenvalue weighted by atomic mass is 16.5. The zero-order valence-electron chi connectivity index (χ0n) is 8.55. The van der Waals surface area contributed by atoms with Crippen LogP contribution in [0.2, 0.25) is 0 Å². The summed E-state index contributed by atoms with van der Waals surface area (Å²) in [4.78, 5) is 0. The van der Waals surface area contributed by atoms with Crippen molar-refractivity contribution >= 4 is 11.5 Å². The molecule has 0 radical (unpaired) electrons.